The predicted molar refractivity (Wildman–Crippen MR) is 123 cm³/mol. The number of ether oxygens (including phenoxy) is 1. The summed E-state index contributed by atoms with van der Waals surface area (Å²) in [6.07, 6.45) is 0.401. The van der Waals surface area contributed by atoms with Gasteiger partial charge in [0, 0.05) is 19.0 Å². The van der Waals surface area contributed by atoms with Crippen molar-refractivity contribution in [2.24, 2.45) is 0 Å². The molecule has 1 atom stereocenters. The Morgan fingerprint density at radius 1 is 1.10 bits per heavy atom. The maximum atomic E-state index is 13.3. The zero-order valence-corrected chi connectivity index (χ0v) is 18.9. The summed E-state index contributed by atoms with van der Waals surface area (Å²) in [5, 5.41) is 3.01. The topological polar surface area (TPSA) is 61.9 Å². The Hall–Kier alpha value is -2.70. The molecular formula is C25H33N3O3. The smallest absolute Gasteiger partial charge is 0.254 e. The second-order valence-corrected chi connectivity index (χ2v) is 8.77. The molecule has 6 heteroatoms. The molecule has 0 bridgehead atoms. The fourth-order valence-corrected chi connectivity index (χ4v) is 3.91. The van der Waals surface area contributed by atoms with Crippen LogP contribution in [0.3, 0.4) is 0 Å². The van der Waals surface area contributed by atoms with E-state index in [0.717, 1.165) is 16.7 Å². The number of hydrogen-bond donors (Lipinski definition) is 1. The van der Waals surface area contributed by atoms with Crippen molar-refractivity contribution < 1.29 is 14.3 Å². The van der Waals surface area contributed by atoms with E-state index in [2.05, 4.69) is 29.6 Å². The number of benzene rings is 2. The van der Waals surface area contributed by atoms with Gasteiger partial charge in [-0.05, 0) is 44.6 Å². The lowest BCUT2D eigenvalue weighted by Gasteiger charge is -2.42. The Morgan fingerprint density at radius 2 is 1.81 bits per heavy atom. The van der Waals surface area contributed by atoms with Crippen molar-refractivity contribution in [2.45, 2.75) is 31.9 Å². The van der Waals surface area contributed by atoms with Gasteiger partial charge >= 0.3 is 0 Å². The molecule has 0 aliphatic carbocycles. The maximum absolute atomic E-state index is 13.3. The second-order valence-electron chi connectivity index (χ2n) is 8.77. The number of amides is 2. The van der Waals surface area contributed by atoms with E-state index in [1.165, 1.54) is 0 Å². The Labute approximate surface area is 185 Å². The van der Waals surface area contributed by atoms with Crippen LogP contribution in [0.2, 0.25) is 0 Å². The molecule has 1 fully saturated rings. The molecule has 2 amide bonds. The zero-order chi connectivity index (χ0) is 22.4. The van der Waals surface area contributed by atoms with E-state index >= 15 is 0 Å². The molecule has 0 spiro atoms. The summed E-state index contributed by atoms with van der Waals surface area (Å²) in [6.45, 7) is 5.24. The van der Waals surface area contributed by atoms with Gasteiger partial charge in [-0.15, -0.1) is 0 Å². The van der Waals surface area contributed by atoms with Crippen molar-refractivity contribution in [1.29, 1.82) is 0 Å². The number of carbonyl (C=O) groups is 2. The number of rotatable bonds is 7. The van der Waals surface area contributed by atoms with E-state index in [9.17, 15) is 9.59 Å². The Balaban J connectivity index is 1.89. The molecule has 0 radical (unpaired) electrons. The van der Waals surface area contributed by atoms with E-state index in [1.54, 1.807) is 4.90 Å². The fraction of sp³-hybridized carbons (Fsp3) is 0.440. The zero-order valence-electron chi connectivity index (χ0n) is 18.9. The van der Waals surface area contributed by atoms with Crippen LogP contribution < -0.4 is 5.32 Å². The van der Waals surface area contributed by atoms with Crippen LogP contribution in [0.15, 0.2) is 54.6 Å². The molecule has 0 unspecified atom stereocenters. The van der Waals surface area contributed by atoms with E-state index in [-0.39, 0.29) is 24.4 Å². The summed E-state index contributed by atoms with van der Waals surface area (Å²) in [5.74, 6) is -0.164. The summed E-state index contributed by atoms with van der Waals surface area (Å²) >= 11 is 0. The molecule has 1 N–H and O–H groups in total. The Bertz CT molecular complexity index is 898. The summed E-state index contributed by atoms with van der Waals surface area (Å²) in [6, 6.07) is 18.3. The minimum Gasteiger partial charge on any atom is -0.361 e. The van der Waals surface area contributed by atoms with Gasteiger partial charge in [-0.25, -0.2) is 0 Å². The predicted octanol–water partition coefficient (Wildman–Crippen LogP) is 2.58. The van der Waals surface area contributed by atoms with Crippen LogP contribution >= 0.6 is 0 Å². The van der Waals surface area contributed by atoms with Crippen molar-refractivity contribution >= 4 is 11.8 Å². The fourth-order valence-electron chi connectivity index (χ4n) is 3.91. The minimum atomic E-state index is -1.11. The van der Waals surface area contributed by atoms with Crippen LogP contribution in [0.4, 0.5) is 0 Å². The molecule has 1 aliphatic rings. The van der Waals surface area contributed by atoms with Gasteiger partial charge in [-0.2, -0.15) is 0 Å². The third kappa shape index (κ3) is 5.93. The summed E-state index contributed by atoms with van der Waals surface area (Å²) in [5.41, 5.74) is 2.10. The minimum absolute atomic E-state index is 0.00746. The van der Waals surface area contributed by atoms with Crippen molar-refractivity contribution in [2.75, 3.05) is 40.3 Å². The van der Waals surface area contributed by atoms with Crippen molar-refractivity contribution in [3.63, 3.8) is 0 Å². The SMILES string of the molecule is CC(C)NC(=O)[C@@]1(Cc2cccc(-c3ccccc3)c2)CN(C(=O)CN(C)C)CCO1. The number of hydrogen-bond acceptors (Lipinski definition) is 4. The summed E-state index contributed by atoms with van der Waals surface area (Å²) in [4.78, 5) is 29.6. The second kappa shape index (κ2) is 10.1. The van der Waals surface area contributed by atoms with E-state index in [4.69, 9.17) is 4.74 Å². The van der Waals surface area contributed by atoms with Gasteiger partial charge in [0.2, 0.25) is 5.91 Å². The quantitative estimate of drug-likeness (QED) is 0.744. The third-order valence-corrected chi connectivity index (χ3v) is 5.35. The van der Waals surface area contributed by atoms with Crippen molar-refractivity contribution in [3.05, 3.63) is 60.2 Å². The van der Waals surface area contributed by atoms with Gasteiger partial charge < -0.3 is 19.9 Å². The molecular weight excluding hydrogens is 390 g/mol. The van der Waals surface area contributed by atoms with E-state index < -0.39 is 5.60 Å². The van der Waals surface area contributed by atoms with Gasteiger partial charge in [-0.3, -0.25) is 9.59 Å². The first-order chi connectivity index (χ1) is 14.8. The van der Waals surface area contributed by atoms with Gasteiger partial charge in [0.05, 0.1) is 19.7 Å². The first-order valence-electron chi connectivity index (χ1n) is 10.8. The molecule has 166 valence electrons. The summed E-state index contributed by atoms with van der Waals surface area (Å²) < 4.78 is 6.14. The highest BCUT2D eigenvalue weighted by molar-refractivity contribution is 5.88. The number of likely N-dealkylation sites (N-methyl/N-ethyl adjacent to an activating group) is 1. The van der Waals surface area contributed by atoms with Crippen molar-refractivity contribution in [3.8, 4) is 11.1 Å². The van der Waals surface area contributed by atoms with Crippen LogP contribution in [0.25, 0.3) is 11.1 Å². The molecule has 31 heavy (non-hydrogen) atoms. The molecule has 6 nitrogen and oxygen atoms in total. The first kappa shape index (κ1) is 23.0. The molecule has 1 saturated heterocycles. The number of carbonyl (C=O) groups excluding carboxylic acids is 2. The highest BCUT2D eigenvalue weighted by atomic mass is 16.5. The first-order valence-corrected chi connectivity index (χ1v) is 10.8. The van der Waals surface area contributed by atoms with Gasteiger partial charge in [0.25, 0.3) is 5.91 Å². The monoisotopic (exact) mass is 423 g/mol. The molecule has 2 aromatic carbocycles. The lowest BCUT2D eigenvalue weighted by atomic mass is 9.89. The highest BCUT2D eigenvalue weighted by Gasteiger charge is 2.45. The largest absolute Gasteiger partial charge is 0.361 e. The van der Waals surface area contributed by atoms with Gasteiger partial charge in [0.15, 0.2) is 5.60 Å². The summed E-state index contributed by atoms with van der Waals surface area (Å²) in [7, 11) is 3.73. The van der Waals surface area contributed by atoms with Crippen LogP contribution in [-0.4, -0.2) is 73.6 Å². The molecule has 1 aliphatic heterocycles. The highest BCUT2D eigenvalue weighted by Crippen LogP contribution is 2.27. The maximum Gasteiger partial charge on any atom is 0.254 e. The van der Waals surface area contributed by atoms with E-state index in [0.29, 0.717) is 26.1 Å². The lowest BCUT2D eigenvalue weighted by Crippen LogP contribution is -2.63. The molecule has 0 aromatic heterocycles. The van der Waals surface area contributed by atoms with Crippen LogP contribution in [0.5, 0.6) is 0 Å². The lowest BCUT2D eigenvalue weighted by molar-refractivity contribution is -0.166. The normalized spacial score (nSPS) is 19.0. The molecule has 0 saturated carbocycles. The van der Waals surface area contributed by atoms with Crippen LogP contribution in [-0.2, 0) is 20.7 Å². The number of nitrogens with zero attached hydrogens (tertiary/aromatic N) is 2. The van der Waals surface area contributed by atoms with Crippen molar-refractivity contribution in [1.82, 2.24) is 15.1 Å². The standard InChI is InChI=1S/C25H33N3O3/c1-19(2)26-24(30)25(18-28(13-14-31-25)23(29)17-27(3)4)16-20-9-8-12-22(15-20)21-10-6-5-7-11-21/h5-12,15,19H,13-14,16-18H2,1-4H3,(H,26,30)/t25-/m1/s1. The number of morpholine rings is 1. The number of nitrogens with one attached hydrogen (secondary N) is 1. The third-order valence-electron chi connectivity index (χ3n) is 5.35. The molecule has 2 aromatic rings. The van der Waals surface area contributed by atoms with Gasteiger partial charge in [-0.1, -0.05) is 54.6 Å². The average Bonchev–Trinajstić information content (AvgIpc) is 2.74. The van der Waals surface area contributed by atoms with Crippen LogP contribution in [0, 0.1) is 0 Å². The molecule has 1 heterocycles. The average molecular weight is 424 g/mol. The van der Waals surface area contributed by atoms with Gasteiger partial charge in [0.1, 0.15) is 0 Å². The Morgan fingerprint density at radius 3 is 2.48 bits per heavy atom. The van der Waals surface area contributed by atoms with Crippen LogP contribution in [0.1, 0.15) is 19.4 Å². The molecule has 3 rings (SSSR count). The Kier molecular flexibility index (Phi) is 7.46. The van der Waals surface area contributed by atoms with E-state index in [1.807, 2.05) is 63.2 Å².